The Bertz CT molecular complexity index is 1270. The zero-order valence-electron chi connectivity index (χ0n) is 17.0. The second-order valence-electron chi connectivity index (χ2n) is 7.34. The van der Waals surface area contributed by atoms with Gasteiger partial charge in [-0.2, -0.15) is 0 Å². The second-order valence-corrected chi connectivity index (χ2v) is 7.74. The molecule has 0 saturated heterocycles. The van der Waals surface area contributed by atoms with Crippen LogP contribution in [0.2, 0.25) is 5.02 Å². The van der Waals surface area contributed by atoms with Crippen LogP contribution < -0.4 is 10.2 Å². The predicted octanol–water partition coefficient (Wildman–Crippen LogP) is 5.10. The summed E-state index contributed by atoms with van der Waals surface area (Å²) < 4.78 is 54.4. The van der Waals surface area contributed by atoms with Gasteiger partial charge in [0.1, 0.15) is 23.9 Å². The number of carbonyl (C=O) groups excluding carboxylic acids is 2. The molecule has 11 heteroatoms. The van der Waals surface area contributed by atoms with Crippen molar-refractivity contribution in [1.82, 2.24) is 9.97 Å². The molecule has 3 aromatic rings. The van der Waals surface area contributed by atoms with Gasteiger partial charge in [-0.15, -0.1) is 0 Å². The molecular formula is C22H15ClF4N4O2. The second kappa shape index (κ2) is 8.78. The van der Waals surface area contributed by atoms with Crippen LogP contribution in [0.1, 0.15) is 30.7 Å². The normalized spacial score (nSPS) is 15.2. The van der Waals surface area contributed by atoms with Gasteiger partial charge in [0.25, 0.3) is 6.43 Å². The highest BCUT2D eigenvalue weighted by molar-refractivity contribution is 6.30. The fraction of sp³-hybridized carbons (Fsp3) is 0.182. The van der Waals surface area contributed by atoms with E-state index < -0.39 is 48.0 Å². The van der Waals surface area contributed by atoms with E-state index in [4.69, 9.17) is 11.6 Å². The van der Waals surface area contributed by atoms with Gasteiger partial charge in [0.15, 0.2) is 0 Å². The van der Waals surface area contributed by atoms with Crippen LogP contribution in [-0.2, 0) is 9.59 Å². The zero-order valence-corrected chi connectivity index (χ0v) is 17.7. The summed E-state index contributed by atoms with van der Waals surface area (Å²) in [5.74, 6) is -3.69. The van der Waals surface area contributed by atoms with E-state index in [0.29, 0.717) is 0 Å². The Morgan fingerprint density at radius 2 is 1.91 bits per heavy atom. The van der Waals surface area contributed by atoms with Crippen molar-refractivity contribution in [2.24, 2.45) is 0 Å². The molecule has 3 heterocycles. The van der Waals surface area contributed by atoms with Gasteiger partial charge in [0, 0.05) is 23.0 Å². The van der Waals surface area contributed by atoms with Gasteiger partial charge in [-0.25, -0.2) is 17.6 Å². The fourth-order valence-electron chi connectivity index (χ4n) is 3.57. The predicted molar refractivity (Wildman–Crippen MR) is 113 cm³/mol. The van der Waals surface area contributed by atoms with Gasteiger partial charge in [0.2, 0.25) is 11.8 Å². The Morgan fingerprint density at radius 3 is 2.61 bits per heavy atom. The number of halogens is 5. The third-order valence-electron chi connectivity index (χ3n) is 5.14. The number of fused-ring (bicyclic) bond motifs is 3. The average molecular weight is 479 g/mol. The molecule has 1 N–H and O–H groups in total. The van der Waals surface area contributed by atoms with Crippen molar-refractivity contribution in [2.75, 3.05) is 16.8 Å². The molecule has 0 aliphatic carbocycles. The number of rotatable bonds is 4. The van der Waals surface area contributed by atoms with E-state index >= 15 is 0 Å². The van der Waals surface area contributed by atoms with E-state index in [2.05, 4.69) is 15.3 Å². The van der Waals surface area contributed by atoms with Gasteiger partial charge < -0.3 is 10.2 Å². The van der Waals surface area contributed by atoms with Crippen molar-refractivity contribution < 1.29 is 27.2 Å². The highest BCUT2D eigenvalue weighted by Crippen LogP contribution is 2.41. The summed E-state index contributed by atoms with van der Waals surface area (Å²) in [7, 11) is 0. The lowest BCUT2D eigenvalue weighted by Crippen LogP contribution is -2.40. The number of hydrogen-bond acceptors (Lipinski definition) is 4. The van der Waals surface area contributed by atoms with Crippen LogP contribution in [0.5, 0.6) is 0 Å². The summed E-state index contributed by atoms with van der Waals surface area (Å²) in [4.78, 5) is 34.7. The van der Waals surface area contributed by atoms with E-state index in [1.54, 1.807) is 0 Å². The summed E-state index contributed by atoms with van der Waals surface area (Å²) >= 11 is 5.64. The molecule has 1 aliphatic rings. The van der Waals surface area contributed by atoms with Crippen LogP contribution in [0.4, 0.5) is 28.9 Å². The smallest absolute Gasteiger partial charge is 0.280 e. The average Bonchev–Trinajstić information content (AvgIpc) is 2.85. The molecule has 0 saturated carbocycles. The molecule has 0 radical (unpaired) electrons. The van der Waals surface area contributed by atoms with Crippen LogP contribution >= 0.6 is 11.6 Å². The minimum Gasteiger partial charge on any atom is -0.324 e. The highest BCUT2D eigenvalue weighted by Gasteiger charge is 2.34. The lowest BCUT2D eigenvalue weighted by atomic mass is 9.98. The Hall–Kier alpha value is -3.53. The molecule has 33 heavy (non-hydrogen) atoms. The molecular weight excluding hydrogens is 464 g/mol. The largest absolute Gasteiger partial charge is 0.324 e. The highest BCUT2D eigenvalue weighted by atomic mass is 35.5. The number of carbonyl (C=O) groups is 2. The van der Waals surface area contributed by atoms with Crippen LogP contribution in [0.25, 0.3) is 11.1 Å². The SMILES string of the molecule is C[C@@H]1C(=O)N(CC(=O)Nc2ccc(Cl)c(F)c2)c2cc(C(F)F)ncc2-c2cc(F)cnc21. The number of amides is 2. The molecule has 1 aromatic carbocycles. The van der Waals surface area contributed by atoms with E-state index in [1.807, 2.05) is 0 Å². The maximum absolute atomic E-state index is 14.0. The van der Waals surface area contributed by atoms with Crippen LogP contribution in [-0.4, -0.2) is 28.3 Å². The number of nitrogens with zero attached hydrogens (tertiary/aromatic N) is 3. The van der Waals surface area contributed by atoms with Gasteiger partial charge >= 0.3 is 0 Å². The van der Waals surface area contributed by atoms with Gasteiger partial charge in [-0.05, 0) is 37.3 Å². The third-order valence-corrected chi connectivity index (χ3v) is 5.45. The molecule has 2 amide bonds. The van der Waals surface area contributed by atoms with Crippen molar-refractivity contribution >= 4 is 34.8 Å². The van der Waals surface area contributed by atoms with Crippen molar-refractivity contribution in [3.05, 3.63) is 70.8 Å². The fourth-order valence-corrected chi connectivity index (χ4v) is 3.69. The summed E-state index contributed by atoms with van der Waals surface area (Å²) in [5, 5.41) is 2.30. The lowest BCUT2D eigenvalue weighted by Gasteiger charge is -2.24. The van der Waals surface area contributed by atoms with E-state index in [1.165, 1.54) is 19.1 Å². The number of hydrogen-bond donors (Lipinski definition) is 1. The quantitative estimate of drug-likeness (QED) is 0.529. The molecule has 0 spiro atoms. The first-order chi connectivity index (χ1) is 15.7. The Kier molecular flexibility index (Phi) is 6.03. The number of nitrogens with one attached hydrogen (secondary N) is 1. The van der Waals surface area contributed by atoms with Gasteiger partial charge in [-0.3, -0.25) is 19.6 Å². The van der Waals surface area contributed by atoms with Crippen molar-refractivity contribution in [2.45, 2.75) is 19.3 Å². The minimum atomic E-state index is -2.94. The summed E-state index contributed by atoms with van der Waals surface area (Å²) in [6.07, 6.45) is -0.897. The molecule has 0 unspecified atom stereocenters. The van der Waals surface area contributed by atoms with E-state index in [-0.39, 0.29) is 33.2 Å². The van der Waals surface area contributed by atoms with Crippen LogP contribution in [0.15, 0.2) is 42.7 Å². The Balaban J connectivity index is 1.76. The Labute approximate surface area is 190 Å². The standard InChI is InChI=1S/C22H15ClF4N4O2/c1-10-20-13(4-11(24)7-29-20)14-8-28-17(21(26)27)6-18(14)31(22(10)33)9-19(32)30-12-2-3-15(23)16(25)5-12/h2-8,10,21H,9H2,1H3,(H,30,32)/t10-/m0/s1. The van der Waals surface area contributed by atoms with E-state index in [9.17, 15) is 27.2 Å². The van der Waals surface area contributed by atoms with Crippen LogP contribution in [0, 0.1) is 11.6 Å². The number of pyridine rings is 2. The number of alkyl halides is 2. The first-order valence-corrected chi connectivity index (χ1v) is 10.0. The molecule has 170 valence electrons. The molecule has 1 aliphatic heterocycles. The zero-order chi connectivity index (χ0) is 23.9. The van der Waals surface area contributed by atoms with E-state index in [0.717, 1.165) is 35.5 Å². The van der Waals surface area contributed by atoms with Crippen molar-refractivity contribution in [3.8, 4) is 11.1 Å². The molecule has 0 fully saturated rings. The number of anilines is 2. The molecule has 2 aromatic heterocycles. The third kappa shape index (κ3) is 4.38. The topological polar surface area (TPSA) is 75.2 Å². The number of benzene rings is 1. The maximum Gasteiger partial charge on any atom is 0.280 e. The van der Waals surface area contributed by atoms with Gasteiger partial charge in [-0.1, -0.05) is 11.6 Å². The molecule has 4 rings (SSSR count). The summed E-state index contributed by atoms with van der Waals surface area (Å²) in [6, 6.07) is 5.74. The first-order valence-electron chi connectivity index (χ1n) is 9.66. The van der Waals surface area contributed by atoms with Crippen LogP contribution in [0.3, 0.4) is 0 Å². The molecule has 1 atom stereocenters. The minimum absolute atomic E-state index is 0.0410. The lowest BCUT2D eigenvalue weighted by molar-refractivity contribution is -0.122. The first kappa shape index (κ1) is 22.7. The summed E-state index contributed by atoms with van der Waals surface area (Å²) in [5.41, 5.74) is 0.0311. The van der Waals surface area contributed by atoms with Crippen molar-refractivity contribution in [1.29, 1.82) is 0 Å². The number of aromatic nitrogens is 2. The monoisotopic (exact) mass is 478 g/mol. The Morgan fingerprint density at radius 1 is 1.15 bits per heavy atom. The van der Waals surface area contributed by atoms with Gasteiger partial charge in [0.05, 0.1) is 28.5 Å². The molecule has 0 bridgehead atoms. The van der Waals surface area contributed by atoms with Crippen molar-refractivity contribution in [3.63, 3.8) is 0 Å². The molecule has 6 nitrogen and oxygen atoms in total. The maximum atomic E-state index is 14.0. The summed E-state index contributed by atoms with van der Waals surface area (Å²) in [6.45, 7) is 0.933.